The Hall–Kier alpha value is -2.53. The molecule has 0 fully saturated rings. The molecule has 0 unspecified atom stereocenters. The second kappa shape index (κ2) is 5.10. The third-order valence-electron chi connectivity index (χ3n) is 3.10. The van der Waals surface area contributed by atoms with Gasteiger partial charge in [0.25, 0.3) is 0 Å². The van der Waals surface area contributed by atoms with Crippen molar-refractivity contribution in [1.29, 1.82) is 5.41 Å². The smallest absolute Gasteiger partial charge is 0.309 e. The van der Waals surface area contributed by atoms with Gasteiger partial charge in [0.1, 0.15) is 0 Å². The van der Waals surface area contributed by atoms with E-state index in [0.717, 1.165) is 9.40 Å². The molecule has 0 spiro atoms. The molecule has 0 aliphatic heterocycles. The standard InChI is InChI=1S/C16H11NO3S/c1-9(18)20-16(17)11-6-4-8-13-14(11)15(19)10-5-2-3-7-12(10)21-13/h2-8,17H,1H3. The number of carbonyl (C=O) groups excluding carboxylic acids is 1. The number of esters is 1. The molecule has 104 valence electrons. The zero-order chi connectivity index (χ0) is 15.0. The third-order valence-corrected chi connectivity index (χ3v) is 4.23. The molecule has 1 N–H and O–H groups in total. The predicted molar refractivity (Wildman–Crippen MR) is 84.2 cm³/mol. The van der Waals surface area contributed by atoms with E-state index < -0.39 is 5.97 Å². The number of hydrogen-bond donors (Lipinski definition) is 1. The Morgan fingerprint density at radius 1 is 1.10 bits per heavy atom. The van der Waals surface area contributed by atoms with Crippen LogP contribution in [0, 0.1) is 5.41 Å². The molecule has 0 saturated carbocycles. The normalized spacial score (nSPS) is 10.7. The number of ether oxygens (including phenoxy) is 1. The number of nitrogens with one attached hydrogen (secondary N) is 1. The Labute approximate surface area is 124 Å². The van der Waals surface area contributed by atoms with Gasteiger partial charge >= 0.3 is 5.97 Å². The molecule has 5 heteroatoms. The van der Waals surface area contributed by atoms with Crippen molar-refractivity contribution in [3.05, 3.63) is 58.3 Å². The molecule has 0 aliphatic rings. The molecule has 0 bridgehead atoms. The highest BCUT2D eigenvalue weighted by atomic mass is 32.1. The van der Waals surface area contributed by atoms with Crippen molar-refractivity contribution < 1.29 is 9.53 Å². The van der Waals surface area contributed by atoms with E-state index in [0.29, 0.717) is 16.3 Å². The van der Waals surface area contributed by atoms with Crippen molar-refractivity contribution in [3.8, 4) is 0 Å². The fourth-order valence-electron chi connectivity index (χ4n) is 2.23. The van der Waals surface area contributed by atoms with Gasteiger partial charge in [0.05, 0.1) is 5.39 Å². The van der Waals surface area contributed by atoms with Crippen LogP contribution in [-0.4, -0.2) is 11.9 Å². The van der Waals surface area contributed by atoms with E-state index in [2.05, 4.69) is 0 Å². The molecular formula is C16H11NO3S. The molecule has 1 aromatic heterocycles. The minimum absolute atomic E-state index is 0.146. The Bertz CT molecular complexity index is 943. The summed E-state index contributed by atoms with van der Waals surface area (Å²) >= 11 is 1.48. The molecule has 3 rings (SSSR count). The molecule has 0 radical (unpaired) electrons. The largest absolute Gasteiger partial charge is 0.408 e. The van der Waals surface area contributed by atoms with Crippen molar-refractivity contribution in [2.75, 3.05) is 0 Å². The summed E-state index contributed by atoms with van der Waals surface area (Å²) in [5.74, 6) is -0.874. The number of carbonyl (C=O) groups is 1. The van der Waals surface area contributed by atoms with Gasteiger partial charge in [0, 0.05) is 27.3 Å². The maximum absolute atomic E-state index is 12.7. The van der Waals surface area contributed by atoms with Gasteiger partial charge in [0.2, 0.25) is 5.90 Å². The third kappa shape index (κ3) is 2.32. The Balaban J connectivity index is 2.37. The molecule has 0 aliphatic carbocycles. The number of benzene rings is 2. The Morgan fingerprint density at radius 2 is 1.81 bits per heavy atom. The lowest BCUT2D eigenvalue weighted by Gasteiger charge is -2.07. The van der Waals surface area contributed by atoms with E-state index in [1.165, 1.54) is 18.3 Å². The van der Waals surface area contributed by atoms with Crippen LogP contribution in [0.5, 0.6) is 0 Å². The summed E-state index contributed by atoms with van der Waals surface area (Å²) in [7, 11) is 0. The van der Waals surface area contributed by atoms with Crippen molar-refractivity contribution in [3.63, 3.8) is 0 Å². The molecule has 3 aromatic rings. The van der Waals surface area contributed by atoms with E-state index in [1.54, 1.807) is 18.2 Å². The summed E-state index contributed by atoms with van der Waals surface area (Å²) in [5.41, 5.74) is 0.196. The quantitative estimate of drug-likeness (QED) is 0.324. The van der Waals surface area contributed by atoms with E-state index >= 15 is 0 Å². The van der Waals surface area contributed by atoms with Crippen LogP contribution in [0.4, 0.5) is 0 Å². The second-order valence-electron chi connectivity index (χ2n) is 4.53. The molecule has 0 saturated heterocycles. The maximum Gasteiger partial charge on any atom is 0.309 e. The van der Waals surface area contributed by atoms with E-state index in [1.807, 2.05) is 24.3 Å². The van der Waals surface area contributed by atoms with Gasteiger partial charge in [-0.3, -0.25) is 15.0 Å². The maximum atomic E-state index is 12.7. The van der Waals surface area contributed by atoms with Crippen LogP contribution >= 0.6 is 11.3 Å². The summed E-state index contributed by atoms with van der Waals surface area (Å²) in [6, 6.07) is 12.6. The van der Waals surface area contributed by atoms with Crippen LogP contribution in [0.25, 0.3) is 20.2 Å². The zero-order valence-electron chi connectivity index (χ0n) is 11.2. The molecule has 2 aromatic carbocycles. The first-order chi connectivity index (χ1) is 10.1. The minimum Gasteiger partial charge on any atom is -0.408 e. The topological polar surface area (TPSA) is 67.2 Å². The van der Waals surface area contributed by atoms with Gasteiger partial charge in [-0.2, -0.15) is 0 Å². The summed E-state index contributed by atoms with van der Waals surface area (Å²) in [6.07, 6.45) is 0. The number of rotatable bonds is 1. The van der Waals surface area contributed by atoms with E-state index in [-0.39, 0.29) is 11.3 Å². The van der Waals surface area contributed by atoms with Crippen molar-refractivity contribution >= 4 is 43.4 Å². The average molecular weight is 297 g/mol. The average Bonchev–Trinajstić information content (AvgIpc) is 2.46. The lowest BCUT2D eigenvalue weighted by atomic mass is 10.1. The van der Waals surface area contributed by atoms with Gasteiger partial charge < -0.3 is 4.74 Å². The number of hydrogen-bond acceptors (Lipinski definition) is 5. The van der Waals surface area contributed by atoms with Crippen LogP contribution in [-0.2, 0) is 9.53 Å². The van der Waals surface area contributed by atoms with Crippen molar-refractivity contribution in [2.24, 2.45) is 0 Å². The molecular weight excluding hydrogens is 286 g/mol. The molecule has 0 amide bonds. The summed E-state index contributed by atoms with van der Waals surface area (Å²) in [6.45, 7) is 1.23. The molecule has 4 nitrogen and oxygen atoms in total. The highest BCUT2D eigenvalue weighted by Gasteiger charge is 2.14. The summed E-state index contributed by atoms with van der Waals surface area (Å²) in [5, 5.41) is 8.90. The lowest BCUT2D eigenvalue weighted by Crippen LogP contribution is -2.13. The van der Waals surface area contributed by atoms with Crippen LogP contribution in [0.3, 0.4) is 0 Å². The first-order valence-corrected chi connectivity index (χ1v) is 7.11. The zero-order valence-corrected chi connectivity index (χ0v) is 12.0. The Morgan fingerprint density at radius 3 is 2.57 bits per heavy atom. The fraction of sp³-hybridized carbons (Fsp3) is 0.0625. The lowest BCUT2D eigenvalue weighted by molar-refractivity contribution is -0.133. The minimum atomic E-state index is -0.575. The van der Waals surface area contributed by atoms with E-state index in [4.69, 9.17) is 10.1 Å². The molecule has 1 heterocycles. The second-order valence-corrected chi connectivity index (χ2v) is 5.61. The first-order valence-electron chi connectivity index (χ1n) is 6.30. The highest BCUT2D eigenvalue weighted by Crippen LogP contribution is 2.26. The van der Waals surface area contributed by atoms with Crippen LogP contribution < -0.4 is 5.43 Å². The van der Waals surface area contributed by atoms with Crippen LogP contribution in [0.1, 0.15) is 12.5 Å². The first kappa shape index (κ1) is 13.5. The Kier molecular flexibility index (Phi) is 3.27. The van der Waals surface area contributed by atoms with Crippen LogP contribution in [0.15, 0.2) is 47.3 Å². The van der Waals surface area contributed by atoms with E-state index in [9.17, 15) is 9.59 Å². The van der Waals surface area contributed by atoms with Gasteiger partial charge in [-0.05, 0) is 24.3 Å². The van der Waals surface area contributed by atoms with Gasteiger partial charge in [-0.15, -0.1) is 11.3 Å². The molecule has 21 heavy (non-hydrogen) atoms. The SMILES string of the molecule is CC(=O)OC(=N)c1cccc2sc3ccccc3c(=O)c12. The molecule has 0 atom stereocenters. The van der Waals surface area contributed by atoms with Crippen LogP contribution in [0.2, 0.25) is 0 Å². The fourth-order valence-corrected chi connectivity index (χ4v) is 3.34. The van der Waals surface area contributed by atoms with Gasteiger partial charge in [-0.1, -0.05) is 18.2 Å². The van der Waals surface area contributed by atoms with Gasteiger partial charge in [0.15, 0.2) is 5.43 Å². The summed E-state index contributed by atoms with van der Waals surface area (Å²) in [4.78, 5) is 23.7. The highest BCUT2D eigenvalue weighted by molar-refractivity contribution is 7.24. The number of fused-ring (bicyclic) bond motifs is 2. The monoisotopic (exact) mass is 297 g/mol. The van der Waals surface area contributed by atoms with Crippen molar-refractivity contribution in [1.82, 2.24) is 0 Å². The predicted octanol–water partition coefficient (Wildman–Crippen LogP) is 3.30. The van der Waals surface area contributed by atoms with Gasteiger partial charge in [-0.25, -0.2) is 0 Å². The summed E-state index contributed by atoms with van der Waals surface area (Å²) < 4.78 is 6.49. The van der Waals surface area contributed by atoms with Crippen molar-refractivity contribution in [2.45, 2.75) is 6.92 Å².